The fourth-order valence-corrected chi connectivity index (χ4v) is 2.25. The van der Waals surface area contributed by atoms with E-state index in [4.69, 9.17) is 4.52 Å². The Balaban J connectivity index is 1.89. The first-order valence-corrected chi connectivity index (χ1v) is 6.63. The molecule has 98 valence electrons. The minimum absolute atomic E-state index is 0.653. The number of aryl methyl sites for hydroxylation is 2. The van der Waals surface area contributed by atoms with E-state index in [0.29, 0.717) is 6.54 Å². The largest absolute Gasteiger partial charge is 0.340 e. The summed E-state index contributed by atoms with van der Waals surface area (Å²) >= 11 is 0. The highest BCUT2D eigenvalue weighted by Gasteiger charge is 2.08. The summed E-state index contributed by atoms with van der Waals surface area (Å²) in [6, 6.07) is 8.56. The third kappa shape index (κ3) is 2.38. The minimum Gasteiger partial charge on any atom is -0.340 e. The molecule has 19 heavy (non-hydrogen) atoms. The molecule has 0 aliphatic carbocycles. The van der Waals surface area contributed by atoms with Gasteiger partial charge in [0.15, 0.2) is 5.82 Å². The van der Waals surface area contributed by atoms with Crippen LogP contribution in [-0.4, -0.2) is 14.7 Å². The zero-order valence-electron chi connectivity index (χ0n) is 11.3. The normalized spacial score (nSPS) is 11.3. The average molecular weight is 255 g/mol. The summed E-state index contributed by atoms with van der Waals surface area (Å²) in [4.78, 5) is 4.41. The van der Waals surface area contributed by atoms with Crippen LogP contribution in [0.4, 0.5) is 0 Å². The predicted octanol–water partition coefficient (Wildman–Crippen LogP) is 3.33. The lowest BCUT2D eigenvalue weighted by Crippen LogP contribution is -2.00. The molecule has 0 saturated carbocycles. The van der Waals surface area contributed by atoms with Gasteiger partial charge in [0.05, 0.1) is 6.54 Å². The molecule has 0 unspecified atom stereocenters. The fourth-order valence-electron chi connectivity index (χ4n) is 2.25. The highest BCUT2D eigenvalue weighted by atomic mass is 16.5. The number of aromatic nitrogens is 3. The van der Waals surface area contributed by atoms with Gasteiger partial charge in [0.25, 0.3) is 0 Å². The first kappa shape index (κ1) is 12.0. The predicted molar refractivity (Wildman–Crippen MR) is 74.1 cm³/mol. The van der Waals surface area contributed by atoms with E-state index in [9.17, 15) is 0 Å². The molecule has 0 fully saturated rings. The molecule has 0 saturated heterocycles. The van der Waals surface area contributed by atoms with E-state index in [1.807, 2.05) is 0 Å². The van der Waals surface area contributed by atoms with Crippen molar-refractivity contribution in [3.8, 4) is 0 Å². The van der Waals surface area contributed by atoms with Crippen LogP contribution in [0.2, 0.25) is 0 Å². The van der Waals surface area contributed by atoms with Crippen molar-refractivity contribution in [3.63, 3.8) is 0 Å². The van der Waals surface area contributed by atoms with Crippen molar-refractivity contribution in [2.24, 2.45) is 0 Å². The Morgan fingerprint density at radius 3 is 3.00 bits per heavy atom. The van der Waals surface area contributed by atoms with Crippen LogP contribution in [0, 0.1) is 6.92 Å². The molecule has 0 bridgehead atoms. The summed E-state index contributed by atoms with van der Waals surface area (Å²) in [7, 11) is 0. The number of hydrogen-bond acceptors (Lipinski definition) is 3. The van der Waals surface area contributed by atoms with Crippen molar-refractivity contribution in [2.75, 3.05) is 0 Å². The van der Waals surface area contributed by atoms with Crippen LogP contribution in [0.5, 0.6) is 0 Å². The number of rotatable bonds is 4. The Labute approximate surface area is 112 Å². The van der Waals surface area contributed by atoms with Gasteiger partial charge in [0, 0.05) is 18.1 Å². The SMILES string of the molecule is CCCc1nc(Cn2ccc3ccc(C)cc32)no1. The molecule has 4 nitrogen and oxygen atoms in total. The van der Waals surface area contributed by atoms with Gasteiger partial charge in [-0.2, -0.15) is 4.98 Å². The molecule has 1 aromatic carbocycles. The molecular formula is C15H17N3O. The van der Waals surface area contributed by atoms with Crippen molar-refractivity contribution >= 4 is 10.9 Å². The van der Waals surface area contributed by atoms with Crippen LogP contribution < -0.4 is 0 Å². The molecule has 0 amide bonds. The molecule has 2 heterocycles. The molecule has 0 aliphatic rings. The van der Waals surface area contributed by atoms with Gasteiger partial charge < -0.3 is 9.09 Å². The molecule has 0 atom stereocenters. The highest BCUT2D eigenvalue weighted by Crippen LogP contribution is 2.18. The van der Waals surface area contributed by atoms with Crippen LogP contribution >= 0.6 is 0 Å². The van der Waals surface area contributed by atoms with Gasteiger partial charge in [-0.25, -0.2) is 0 Å². The maximum Gasteiger partial charge on any atom is 0.226 e. The Hall–Kier alpha value is -2.10. The van der Waals surface area contributed by atoms with Gasteiger partial charge in [-0.1, -0.05) is 24.2 Å². The zero-order chi connectivity index (χ0) is 13.2. The second-order valence-corrected chi connectivity index (χ2v) is 4.86. The van der Waals surface area contributed by atoms with Crippen LogP contribution in [0.3, 0.4) is 0 Å². The quantitative estimate of drug-likeness (QED) is 0.718. The molecule has 3 rings (SSSR count). The summed E-state index contributed by atoms with van der Waals surface area (Å²) in [6.45, 7) is 4.86. The van der Waals surface area contributed by atoms with Gasteiger partial charge in [-0.15, -0.1) is 0 Å². The lowest BCUT2D eigenvalue weighted by molar-refractivity contribution is 0.371. The standard InChI is InChI=1S/C15H17N3O/c1-3-4-15-16-14(17-19-15)10-18-8-7-12-6-5-11(2)9-13(12)18/h5-9H,3-4,10H2,1-2H3. The molecule has 0 N–H and O–H groups in total. The third-order valence-corrected chi connectivity index (χ3v) is 3.22. The zero-order valence-corrected chi connectivity index (χ0v) is 11.3. The van der Waals surface area contributed by atoms with Crippen molar-refractivity contribution in [2.45, 2.75) is 33.2 Å². The molecule has 0 spiro atoms. The molecule has 3 aromatic rings. The summed E-state index contributed by atoms with van der Waals surface area (Å²) < 4.78 is 7.37. The minimum atomic E-state index is 0.653. The molecule has 0 radical (unpaired) electrons. The second-order valence-electron chi connectivity index (χ2n) is 4.86. The topological polar surface area (TPSA) is 43.9 Å². The molecule has 2 aromatic heterocycles. The maximum atomic E-state index is 5.22. The first-order valence-electron chi connectivity index (χ1n) is 6.63. The maximum absolute atomic E-state index is 5.22. The second kappa shape index (κ2) is 4.88. The van der Waals surface area contributed by atoms with E-state index in [2.05, 4.69) is 59.0 Å². The van der Waals surface area contributed by atoms with Crippen molar-refractivity contribution in [3.05, 3.63) is 47.7 Å². The number of nitrogens with zero attached hydrogens (tertiary/aromatic N) is 3. The Bertz CT molecular complexity index is 696. The van der Waals surface area contributed by atoms with E-state index in [1.165, 1.54) is 16.5 Å². The van der Waals surface area contributed by atoms with Gasteiger partial charge >= 0.3 is 0 Å². The Morgan fingerprint density at radius 2 is 2.16 bits per heavy atom. The van der Waals surface area contributed by atoms with E-state index in [0.717, 1.165) is 24.6 Å². The van der Waals surface area contributed by atoms with E-state index < -0.39 is 0 Å². The van der Waals surface area contributed by atoms with Gasteiger partial charge in [0.1, 0.15) is 0 Å². The van der Waals surface area contributed by atoms with E-state index in [1.54, 1.807) is 0 Å². The summed E-state index contributed by atoms with van der Waals surface area (Å²) in [5.41, 5.74) is 2.47. The van der Waals surface area contributed by atoms with Crippen LogP contribution in [-0.2, 0) is 13.0 Å². The lowest BCUT2D eigenvalue weighted by atomic mass is 10.2. The summed E-state index contributed by atoms with van der Waals surface area (Å²) in [6.07, 6.45) is 3.94. The monoisotopic (exact) mass is 255 g/mol. The third-order valence-electron chi connectivity index (χ3n) is 3.22. The van der Waals surface area contributed by atoms with Gasteiger partial charge in [0.2, 0.25) is 5.89 Å². The van der Waals surface area contributed by atoms with Crippen molar-refractivity contribution in [1.82, 2.24) is 14.7 Å². The van der Waals surface area contributed by atoms with Gasteiger partial charge in [-0.05, 0) is 36.4 Å². The molecule has 4 heteroatoms. The smallest absolute Gasteiger partial charge is 0.226 e. The van der Waals surface area contributed by atoms with E-state index in [-0.39, 0.29) is 0 Å². The number of hydrogen-bond donors (Lipinski definition) is 0. The highest BCUT2D eigenvalue weighted by molar-refractivity contribution is 5.80. The molecule has 0 aliphatic heterocycles. The number of fused-ring (bicyclic) bond motifs is 1. The molecular weight excluding hydrogens is 238 g/mol. The van der Waals surface area contributed by atoms with Gasteiger partial charge in [-0.3, -0.25) is 0 Å². The Morgan fingerprint density at radius 1 is 1.26 bits per heavy atom. The summed E-state index contributed by atoms with van der Waals surface area (Å²) in [5.74, 6) is 1.47. The first-order chi connectivity index (χ1) is 9.26. The van der Waals surface area contributed by atoms with Crippen molar-refractivity contribution < 1.29 is 4.52 Å². The van der Waals surface area contributed by atoms with Crippen molar-refractivity contribution in [1.29, 1.82) is 0 Å². The Kier molecular flexibility index (Phi) is 3.07. The van der Waals surface area contributed by atoms with Crippen LogP contribution in [0.25, 0.3) is 10.9 Å². The van der Waals surface area contributed by atoms with E-state index >= 15 is 0 Å². The average Bonchev–Trinajstić information content (AvgIpc) is 2.98. The lowest BCUT2D eigenvalue weighted by Gasteiger charge is -2.02. The van der Waals surface area contributed by atoms with Crippen LogP contribution in [0.1, 0.15) is 30.6 Å². The number of benzene rings is 1. The fraction of sp³-hybridized carbons (Fsp3) is 0.333. The van der Waals surface area contributed by atoms with Crippen LogP contribution in [0.15, 0.2) is 35.0 Å². The summed E-state index contributed by atoms with van der Waals surface area (Å²) in [5, 5.41) is 5.27.